The lowest BCUT2D eigenvalue weighted by atomic mass is 9.93. The van der Waals surface area contributed by atoms with Crippen molar-refractivity contribution in [1.29, 1.82) is 0 Å². The number of thiazole rings is 1. The molecule has 0 radical (unpaired) electrons. The fraction of sp³-hybridized carbons (Fsp3) is 0.192. The summed E-state index contributed by atoms with van der Waals surface area (Å²) in [6.07, 6.45) is 1.27. The smallest absolute Gasteiger partial charge is 0.306 e. The van der Waals surface area contributed by atoms with Gasteiger partial charge in [0.15, 0.2) is 10.9 Å². The predicted octanol–water partition coefficient (Wildman–Crippen LogP) is 7.43. The number of halogens is 1. The number of ketones is 1. The second kappa shape index (κ2) is 10.1. The average molecular weight is 479 g/mol. The number of carboxylic acid groups (broad SMARTS) is 1. The molecule has 0 aliphatic rings. The molecule has 4 rings (SSSR count). The molecule has 1 atom stereocenters. The fourth-order valence-electron chi connectivity index (χ4n) is 3.67. The predicted molar refractivity (Wildman–Crippen MR) is 135 cm³/mol. The van der Waals surface area contributed by atoms with Gasteiger partial charge in [-0.05, 0) is 47.9 Å². The van der Waals surface area contributed by atoms with E-state index in [1.807, 2.05) is 61.5 Å². The molecule has 5 nitrogen and oxygen atoms in total. The topological polar surface area (TPSA) is 79.3 Å². The number of hydrogen-bond donors (Lipinski definition) is 2. The average Bonchev–Trinajstić information content (AvgIpc) is 3.20. The van der Waals surface area contributed by atoms with Gasteiger partial charge in [0.25, 0.3) is 0 Å². The number of aromatic nitrogens is 1. The normalized spacial score (nSPS) is 11.9. The van der Waals surface area contributed by atoms with Gasteiger partial charge in [0.05, 0.1) is 16.1 Å². The monoisotopic (exact) mass is 478 g/mol. The highest BCUT2D eigenvalue weighted by Gasteiger charge is 2.21. The Labute approximate surface area is 201 Å². The first-order chi connectivity index (χ1) is 15.9. The number of benzene rings is 3. The van der Waals surface area contributed by atoms with Crippen LogP contribution in [0.25, 0.3) is 21.3 Å². The molecule has 1 heterocycles. The summed E-state index contributed by atoms with van der Waals surface area (Å²) in [6, 6.07) is 20.9. The largest absolute Gasteiger partial charge is 0.481 e. The van der Waals surface area contributed by atoms with Gasteiger partial charge in [-0.25, -0.2) is 4.98 Å². The highest BCUT2D eigenvalue weighted by atomic mass is 35.5. The van der Waals surface area contributed by atoms with Crippen molar-refractivity contribution in [3.8, 4) is 11.1 Å². The summed E-state index contributed by atoms with van der Waals surface area (Å²) >= 11 is 7.60. The summed E-state index contributed by atoms with van der Waals surface area (Å²) in [4.78, 5) is 28.4. The third-order valence-corrected chi connectivity index (χ3v) is 6.61. The van der Waals surface area contributed by atoms with E-state index in [0.29, 0.717) is 17.0 Å². The molecular weight excluding hydrogens is 456 g/mol. The molecule has 168 valence electrons. The number of Topliss-reactive ketones (excluding diaryl/α,β-unsaturated/α-hetero) is 1. The van der Waals surface area contributed by atoms with Crippen LogP contribution in [0.4, 0.5) is 10.8 Å². The summed E-state index contributed by atoms with van der Waals surface area (Å²) in [6.45, 7) is 1.92. The maximum Gasteiger partial charge on any atom is 0.306 e. The van der Waals surface area contributed by atoms with Crippen molar-refractivity contribution in [2.24, 2.45) is 5.92 Å². The minimum absolute atomic E-state index is 0.0286. The maximum atomic E-state index is 12.5. The molecule has 1 aromatic heterocycles. The van der Waals surface area contributed by atoms with Crippen molar-refractivity contribution in [3.05, 3.63) is 77.3 Å². The number of carboxylic acids is 1. The Kier molecular flexibility index (Phi) is 7.06. The van der Waals surface area contributed by atoms with Crippen LogP contribution in [-0.4, -0.2) is 21.8 Å². The molecule has 3 aromatic carbocycles. The number of hydrogen-bond acceptors (Lipinski definition) is 5. The summed E-state index contributed by atoms with van der Waals surface area (Å²) in [5.41, 5.74) is 4.37. The molecular formula is C26H23ClN2O3S. The van der Waals surface area contributed by atoms with Gasteiger partial charge >= 0.3 is 5.97 Å². The second-order valence-electron chi connectivity index (χ2n) is 7.86. The fourth-order valence-corrected chi connectivity index (χ4v) is 4.84. The van der Waals surface area contributed by atoms with Gasteiger partial charge in [0, 0.05) is 22.7 Å². The molecule has 7 heteroatoms. The standard InChI is InChI=1S/C26H23ClN2O3S/c1-2-3-19(25(31)32)14-23(30)18-6-4-16(5-7-18)17-8-11-21(12-9-17)28-26-29-22-13-10-20(27)15-24(22)33-26/h4-13,15,19H,2-3,14H2,1H3,(H,28,29)(H,31,32). The molecule has 0 fully saturated rings. The molecule has 0 aliphatic heterocycles. The van der Waals surface area contributed by atoms with Crippen molar-refractivity contribution in [1.82, 2.24) is 4.98 Å². The molecule has 0 amide bonds. The van der Waals surface area contributed by atoms with Gasteiger partial charge in [-0.1, -0.05) is 72.7 Å². The van der Waals surface area contributed by atoms with Crippen LogP contribution in [0.5, 0.6) is 0 Å². The van der Waals surface area contributed by atoms with Crippen molar-refractivity contribution in [2.45, 2.75) is 26.2 Å². The number of anilines is 2. The van der Waals surface area contributed by atoms with Gasteiger partial charge in [0.1, 0.15) is 0 Å². The van der Waals surface area contributed by atoms with E-state index in [-0.39, 0.29) is 12.2 Å². The molecule has 0 bridgehead atoms. The van der Waals surface area contributed by atoms with Crippen LogP contribution in [0.2, 0.25) is 5.02 Å². The van der Waals surface area contributed by atoms with Gasteiger partial charge in [0.2, 0.25) is 0 Å². The van der Waals surface area contributed by atoms with Gasteiger partial charge in [-0.2, -0.15) is 0 Å². The summed E-state index contributed by atoms with van der Waals surface area (Å²) < 4.78 is 1.03. The number of nitrogens with zero attached hydrogens (tertiary/aromatic N) is 1. The molecule has 0 saturated carbocycles. The van der Waals surface area contributed by atoms with E-state index in [4.69, 9.17) is 11.6 Å². The van der Waals surface area contributed by atoms with Crippen LogP contribution in [0.3, 0.4) is 0 Å². The lowest BCUT2D eigenvalue weighted by molar-refractivity contribution is -0.141. The number of rotatable bonds is 9. The molecule has 2 N–H and O–H groups in total. The molecule has 0 aliphatic carbocycles. The highest BCUT2D eigenvalue weighted by molar-refractivity contribution is 7.22. The van der Waals surface area contributed by atoms with E-state index >= 15 is 0 Å². The molecule has 33 heavy (non-hydrogen) atoms. The summed E-state index contributed by atoms with van der Waals surface area (Å²) in [5, 5.41) is 14.1. The molecule has 4 aromatic rings. The van der Waals surface area contributed by atoms with Gasteiger partial charge in [-0.15, -0.1) is 0 Å². The van der Waals surface area contributed by atoms with Crippen LogP contribution in [0, 0.1) is 5.92 Å². The van der Waals surface area contributed by atoms with Crippen LogP contribution < -0.4 is 5.32 Å². The Hall–Kier alpha value is -3.22. The lowest BCUT2D eigenvalue weighted by Gasteiger charge is -2.10. The number of carbonyl (C=O) groups is 2. The Bertz CT molecular complexity index is 1280. The van der Waals surface area contributed by atoms with E-state index in [1.165, 1.54) is 0 Å². The minimum atomic E-state index is -0.912. The quantitative estimate of drug-likeness (QED) is 0.244. The zero-order chi connectivity index (χ0) is 23.4. The zero-order valence-electron chi connectivity index (χ0n) is 18.0. The van der Waals surface area contributed by atoms with E-state index in [9.17, 15) is 14.7 Å². The van der Waals surface area contributed by atoms with Gasteiger partial charge < -0.3 is 10.4 Å². The SMILES string of the molecule is CCCC(CC(=O)c1ccc(-c2ccc(Nc3nc4ccc(Cl)cc4s3)cc2)cc1)C(=O)O. The van der Waals surface area contributed by atoms with Crippen molar-refractivity contribution >= 4 is 55.7 Å². The third kappa shape index (κ3) is 5.59. The Morgan fingerprint density at radius 2 is 1.70 bits per heavy atom. The van der Waals surface area contributed by atoms with E-state index in [2.05, 4.69) is 10.3 Å². The van der Waals surface area contributed by atoms with Crippen LogP contribution in [0.15, 0.2) is 66.7 Å². The third-order valence-electron chi connectivity index (χ3n) is 5.45. The van der Waals surface area contributed by atoms with Crippen molar-refractivity contribution in [3.63, 3.8) is 0 Å². The van der Waals surface area contributed by atoms with Crippen molar-refractivity contribution in [2.75, 3.05) is 5.32 Å². The van der Waals surface area contributed by atoms with E-state index < -0.39 is 11.9 Å². The zero-order valence-corrected chi connectivity index (χ0v) is 19.6. The lowest BCUT2D eigenvalue weighted by Crippen LogP contribution is -2.17. The number of nitrogens with one attached hydrogen (secondary N) is 1. The number of aliphatic carboxylic acids is 1. The summed E-state index contributed by atoms with van der Waals surface area (Å²) in [5.74, 6) is -1.68. The molecule has 1 unspecified atom stereocenters. The van der Waals surface area contributed by atoms with Crippen molar-refractivity contribution < 1.29 is 14.7 Å². The highest BCUT2D eigenvalue weighted by Crippen LogP contribution is 2.31. The Balaban J connectivity index is 1.43. The maximum absolute atomic E-state index is 12.5. The summed E-state index contributed by atoms with van der Waals surface area (Å²) in [7, 11) is 0. The minimum Gasteiger partial charge on any atom is -0.481 e. The van der Waals surface area contributed by atoms with Crippen LogP contribution in [-0.2, 0) is 4.79 Å². The molecule has 0 spiro atoms. The Morgan fingerprint density at radius 3 is 2.33 bits per heavy atom. The number of carbonyl (C=O) groups excluding carboxylic acids is 1. The van der Waals surface area contributed by atoms with Crippen LogP contribution in [0.1, 0.15) is 36.5 Å². The first kappa shape index (κ1) is 23.0. The van der Waals surface area contributed by atoms with Gasteiger partial charge in [-0.3, -0.25) is 9.59 Å². The second-order valence-corrected chi connectivity index (χ2v) is 9.33. The van der Waals surface area contributed by atoms with E-state index in [1.54, 1.807) is 23.5 Å². The molecule has 0 saturated heterocycles. The first-order valence-corrected chi connectivity index (χ1v) is 11.9. The van der Waals surface area contributed by atoms with Crippen LogP contribution >= 0.6 is 22.9 Å². The van der Waals surface area contributed by atoms with E-state index in [0.717, 1.165) is 38.6 Å². The number of fused-ring (bicyclic) bond motifs is 1. The Morgan fingerprint density at radius 1 is 1.03 bits per heavy atom. The first-order valence-electron chi connectivity index (χ1n) is 10.7.